The first-order chi connectivity index (χ1) is 12.6. The van der Waals surface area contributed by atoms with Crippen molar-refractivity contribution in [3.05, 3.63) is 96.2 Å². The maximum Gasteiger partial charge on any atom is 0.262 e. The number of nitrogens with zero attached hydrogens (tertiary/aromatic N) is 1. The van der Waals surface area contributed by atoms with E-state index < -0.39 is 0 Å². The number of aromatic nitrogens is 1. The Morgan fingerprint density at radius 1 is 0.731 bits per heavy atom. The molecule has 126 valence electrons. The van der Waals surface area contributed by atoms with E-state index in [2.05, 4.69) is 0 Å². The summed E-state index contributed by atoms with van der Waals surface area (Å²) >= 11 is 0. The number of hydrogen-bond donors (Lipinski definition) is 0. The molecule has 0 amide bonds. The Bertz CT molecular complexity index is 1110. The summed E-state index contributed by atoms with van der Waals surface area (Å²) in [6.07, 6.45) is 1.64. The largest absolute Gasteiger partial charge is 0.294 e. The van der Waals surface area contributed by atoms with E-state index in [4.69, 9.17) is 0 Å². The van der Waals surface area contributed by atoms with Crippen LogP contribution in [0.25, 0.3) is 22.0 Å². The molecule has 3 heteroatoms. The Morgan fingerprint density at radius 2 is 1.35 bits per heavy atom. The number of ketones is 1. The van der Waals surface area contributed by atoms with E-state index in [0.717, 1.165) is 22.0 Å². The van der Waals surface area contributed by atoms with Gasteiger partial charge < -0.3 is 0 Å². The molecule has 26 heavy (non-hydrogen) atoms. The second-order valence-electron chi connectivity index (χ2n) is 6.23. The third kappa shape index (κ3) is 2.74. The maximum atomic E-state index is 13.0. The van der Waals surface area contributed by atoms with Gasteiger partial charge in [-0.2, -0.15) is 0 Å². The highest BCUT2D eigenvalue weighted by atomic mass is 16.2. The molecule has 0 spiro atoms. The second-order valence-corrected chi connectivity index (χ2v) is 6.23. The molecule has 4 rings (SSSR count). The SMILES string of the molecule is CC(=O)c1cn(C(=O)c2ccc(-c3ccccc3)cc2)c2ccccc12. The lowest BCUT2D eigenvalue weighted by molar-refractivity contribution is 0.0965. The normalized spacial score (nSPS) is 10.8. The lowest BCUT2D eigenvalue weighted by atomic mass is 10.0. The highest BCUT2D eigenvalue weighted by Crippen LogP contribution is 2.24. The molecule has 4 aromatic rings. The van der Waals surface area contributed by atoms with Gasteiger partial charge in [0.25, 0.3) is 5.91 Å². The maximum absolute atomic E-state index is 13.0. The van der Waals surface area contributed by atoms with Gasteiger partial charge in [0.2, 0.25) is 0 Å². The fourth-order valence-corrected chi connectivity index (χ4v) is 3.20. The third-order valence-corrected chi connectivity index (χ3v) is 4.55. The van der Waals surface area contributed by atoms with Gasteiger partial charge in [-0.15, -0.1) is 0 Å². The Kier molecular flexibility index (Phi) is 3.98. The van der Waals surface area contributed by atoms with Crippen LogP contribution in [0.4, 0.5) is 0 Å². The number of rotatable bonds is 3. The van der Waals surface area contributed by atoms with Crippen molar-refractivity contribution in [3.63, 3.8) is 0 Å². The number of carbonyl (C=O) groups is 2. The minimum absolute atomic E-state index is 0.0489. The minimum Gasteiger partial charge on any atom is -0.294 e. The van der Waals surface area contributed by atoms with E-state index in [1.165, 1.54) is 6.92 Å². The molecular weight excluding hydrogens is 322 g/mol. The molecule has 0 aliphatic heterocycles. The van der Waals surface area contributed by atoms with Crippen molar-refractivity contribution < 1.29 is 9.59 Å². The number of Topliss-reactive ketones (excluding diaryl/α,β-unsaturated/α-hetero) is 1. The van der Waals surface area contributed by atoms with E-state index in [0.29, 0.717) is 11.1 Å². The summed E-state index contributed by atoms with van der Waals surface area (Å²) in [6, 6.07) is 25.0. The predicted molar refractivity (Wildman–Crippen MR) is 104 cm³/mol. The van der Waals surface area contributed by atoms with Gasteiger partial charge in [0, 0.05) is 22.7 Å². The quantitative estimate of drug-likeness (QED) is 0.481. The van der Waals surface area contributed by atoms with Crippen LogP contribution < -0.4 is 0 Å². The van der Waals surface area contributed by atoms with E-state index >= 15 is 0 Å². The van der Waals surface area contributed by atoms with Crippen LogP contribution in [0.1, 0.15) is 27.6 Å². The van der Waals surface area contributed by atoms with Crippen molar-refractivity contribution in [2.45, 2.75) is 6.92 Å². The zero-order valence-corrected chi connectivity index (χ0v) is 14.3. The molecule has 0 aliphatic carbocycles. The van der Waals surface area contributed by atoms with E-state index in [9.17, 15) is 9.59 Å². The lowest BCUT2D eigenvalue weighted by Gasteiger charge is -2.06. The van der Waals surface area contributed by atoms with Crippen LogP contribution in [0, 0.1) is 0 Å². The first-order valence-corrected chi connectivity index (χ1v) is 8.46. The highest BCUT2D eigenvalue weighted by molar-refractivity contribution is 6.11. The molecule has 0 bridgehead atoms. The Labute approximate surface area is 151 Å². The summed E-state index contributed by atoms with van der Waals surface area (Å²) < 4.78 is 1.56. The Morgan fingerprint density at radius 3 is 2.04 bits per heavy atom. The fraction of sp³-hybridized carbons (Fsp3) is 0.0435. The minimum atomic E-state index is -0.145. The molecule has 0 aliphatic rings. The van der Waals surface area contributed by atoms with Crippen molar-refractivity contribution in [1.29, 1.82) is 0 Å². The van der Waals surface area contributed by atoms with Crippen LogP contribution in [-0.4, -0.2) is 16.3 Å². The number of carbonyl (C=O) groups excluding carboxylic acids is 2. The predicted octanol–water partition coefficient (Wildman–Crippen LogP) is 5.20. The van der Waals surface area contributed by atoms with Gasteiger partial charge in [-0.3, -0.25) is 14.2 Å². The number of fused-ring (bicyclic) bond motifs is 1. The van der Waals surface area contributed by atoms with Gasteiger partial charge in [-0.25, -0.2) is 0 Å². The number of hydrogen-bond acceptors (Lipinski definition) is 2. The van der Waals surface area contributed by atoms with Gasteiger partial charge in [-0.05, 0) is 36.2 Å². The van der Waals surface area contributed by atoms with Crippen molar-refractivity contribution in [2.24, 2.45) is 0 Å². The summed E-state index contributed by atoms with van der Waals surface area (Å²) in [7, 11) is 0. The van der Waals surface area contributed by atoms with Gasteiger partial charge in [0.1, 0.15) is 0 Å². The fourth-order valence-electron chi connectivity index (χ4n) is 3.20. The van der Waals surface area contributed by atoms with Gasteiger partial charge in [0.15, 0.2) is 5.78 Å². The molecule has 0 unspecified atom stereocenters. The van der Waals surface area contributed by atoms with Crippen LogP contribution in [0.3, 0.4) is 0 Å². The van der Waals surface area contributed by atoms with E-state index in [1.807, 2.05) is 78.9 Å². The molecule has 1 aromatic heterocycles. The Balaban J connectivity index is 1.75. The molecule has 1 heterocycles. The van der Waals surface area contributed by atoms with Crippen LogP contribution in [-0.2, 0) is 0 Å². The first kappa shape index (κ1) is 16.0. The van der Waals surface area contributed by atoms with Crippen LogP contribution in [0.2, 0.25) is 0 Å². The van der Waals surface area contributed by atoms with Crippen LogP contribution in [0.5, 0.6) is 0 Å². The number of para-hydroxylation sites is 1. The van der Waals surface area contributed by atoms with E-state index in [-0.39, 0.29) is 11.7 Å². The Hall–Kier alpha value is -3.46. The van der Waals surface area contributed by atoms with Crippen molar-refractivity contribution in [3.8, 4) is 11.1 Å². The monoisotopic (exact) mass is 339 g/mol. The standard InChI is InChI=1S/C23H17NO2/c1-16(25)21-15-24(22-10-6-5-9-20(21)22)23(26)19-13-11-18(12-14-19)17-7-3-2-4-8-17/h2-15H,1H3. The average molecular weight is 339 g/mol. The van der Waals surface area contributed by atoms with Crippen molar-refractivity contribution in [2.75, 3.05) is 0 Å². The molecule has 3 nitrogen and oxygen atoms in total. The molecule has 0 radical (unpaired) electrons. The van der Waals surface area contributed by atoms with Crippen molar-refractivity contribution in [1.82, 2.24) is 4.57 Å². The van der Waals surface area contributed by atoms with Gasteiger partial charge in [-0.1, -0.05) is 60.7 Å². The number of benzene rings is 3. The summed E-state index contributed by atoms with van der Waals surface area (Å²) in [5.41, 5.74) is 4.06. The van der Waals surface area contributed by atoms with E-state index in [1.54, 1.807) is 10.8 Å². The molecule has 0 atom stereocenters. The average Bonchev–Trinajstić information content (AvgIpc) is 3.08. The highest BCUT2D eigenvalue weighted by Gasteiger charge is 2.17. The molecule has 0 fully saturated rings. The first-order valence-electron chi connectivity index (χ1n) is 8.46. The third-order valence-electron chi connectivity index (χ3n) is 4.55. The molecule has 0 saturated carbocycles. The topological polar surface area (TPSA) is 39.1 Å². The lowest BCUT2D eigenvalue weighted by Crippen LogP contribution is -2.10. The molecule has 0 N–H and O–H groups in total. The zero-order valence-electron chi connectivity index (χ0n) is 14.3. The summed E-state index contributed by atoms with van der Waals surface area (Å²) in [5.74, 6) is -0.194. The molecule has 3 aromatic carbocycles. The summed E-state index contributed by atoms with van der Waals surface area (Å²) in [5, 5.41) is 0.800. The zero-order chi connectivity index (χ0) is 18.1. The van der Waals surface area contributed by atoms with Crippen LogP contribution in [0.15, 0.2) is 85.1 Å². The smallest absolute Gasteiger partial charge is 0.262 e. The molecule has 0 saturated heterocycles. The van der Waals surface area contributed by atoms with Crippen LogP contribution >= 0.6 is 0 Å². The molecular formula is C23H17NO2. The summed E-state index contributed by atoms with van der Waals surface area (Å²) in [6.45, 7) is 1.52. The van der Waals surface area contributed by atoms with Crippen molar-refractivity contribution >= 4 is 22.6 Å². The summed E-state index contributed by atoms with van der Waals surface area (Å²) in [4.78, 5) is 24.9. The van der Waals surface area contributed by atoms with Gasteiger partial charge in [0.05, 0.1) is 5.52 Å². The van der Waals surface area contributed by atoms with Gasteiger partial charge >= 0.3 is 0 Å². The second kappa shape index (κ2) is 6.45.